The van der Waals surface area contributed by atoms with Gasteiger partial charge in [-0.3, -0.25) is 9.79 Å². The zero-order chi connectivity index (χ0) is 20.6. The first kappa shape index (κ1) is 20.9. The molecule has 1 fully saturated rings. The minimum absolute atomic E-state index is 0.0639. The molecular weight excluding hydrogens is 366 g/mol. The van der Waals surface area contributed by atoms with Crippen LogP contribution < -0.4 is 10.6 Å². The lowest BCUT2D eigenvalue weighted by atomic mass is 10.1. The van der Waals surface area contributed by atoms with Gasteiger partial charge in [0.25, 0.3) is 5.91 Å². The molecule has 1 aliphatic heterocycles. The molecule has 2 N–H and O–H groups in total. The van der Waals surface area contributed by atoms with Gasteiger partial charge in [-0.05, 0) is 43.7 Å². The third-order valence-corrected chi connectivity index (χ3v) is 4.92. The summed E-state index contributed by atoms with van der Waals surface area (Å²) in [5.41, 5.74) is 1.81. The maximum absolute atomic E-state index is 12.8. The van der Waals surface area contributed by atoms with Gasteiger partial charge in [-0.25, -0.2) is 0 Å². The van der Waals surface area contributed by atoms with Gasteiger partial charge in [0.05, 0.1) is 12.2 Å². The zero-order valence-electron chi connectivity index (χ0n) is 17.5. The molecule has 2 unspecified atom stereocenters. The predicted molar refractivity (Wildman–Crippen MR) is 115 cm³/mol. The fourth-order valence-corrected chi connectivity index (χ4v) is 3.52. The van der Waals surface area contributed by atoms with Gasteiger partial charge >= 0.3 is 0 Å². The summed E-state index contributed by atoms with van der Waals surface area (Å²) in [6, 6.07) is 11.8. The van der Waals surface area contributed by atoms with Crippen LogP contribution in [0, 0.1) is 0 Å². The Labute approximate surface area is 172 Å². The van der Waals surface area contributed by atoms with Crippen LogP contribution in [0.2, 0.25) is 0 Å². The largest absolute Gasteiger partial charge is 0.372 e. The second-order valence-corrected chi connectivity index (χ2v) is 7.44. The highest BCUT2D eigenvalue weighted by atomic mass is 16.5. The number of carbonyl (C=O) groups is 1. The molecule has 1 aliphatic rings. The van der Waals surface area contributed by atoms with Gasteiger partial charge in [0.2, 0.25) is 0 Å². The smallest absolute Gasteiger partial charge is 0.254 e. The molecule has 7 nitrogen and oxygen atoms in total. The van der Waals surface area contributed by atoms with E-state index in [1.807, 2.05) is 67.5 Å². The maximum Gasteiger partial charge on any atom is 0.254 e. The van der Waals surface area contributed by atoms with Crippen LogP contribution in [0.25, 0.3) is 0 Å². The van der Waals surface area contributed by atoms with E-state index in [2.05, 4.69) is 20.2 Å². The molecule has 1 saturated heterocycles. The van der Waals surface area contributed by atoms with Crippen LogP contribution in [0.15, 0.2) is 53.8 Å². The highest BCUT2D eigenvalue weighted by Gasteiger charge is 2.26. The topological polar surface area (TPSA) is 70.9 Å². The third-order valence-electron chi connectivity index (χ3n) is 4.92. The summed E-state index contributed by atoms with van der Waals surface area (Å²) in [5, 5.41) is 6.61. The number of guanidine groups is 1. The molecular formula is C22H31N5O2. The van der Waals surface area contributed by atoms with Crippen molar-refractivity contribution in [3.8, 4) is 0 Å². The van der Waals surface area contributed by atoms with Gasteiger partial charge in [0.1, 0.15) is 0 Å². The number of nitrogens with zero attached hydrogens (tertiary/aromatic N) is 3. The molecule has 1 aromatic carbocycles. The summed E-state index contributed by atoms with van der Waals surface area (Å²) >= 11 is 0. The number of aliphatic imine (C=N–C) groups is 1. The van der Waals surface area contributed by atoms with Crippen LogP contribution in [0.1, 0.15) is 29.8 Å². The van der Waals surface area contributed by atoms with E-state index in [4.69, 9.17) is 4.74 Å². The maximum atomic E-state index is 12.8. The van der Waals surface area contributed by atoms with E-state index in [9.17, 15) is 4.79 Å². The number of hydrogen-bond acceptors (Lipinski definition) is 3. The zero-order valence-corrected chi connectivity index (χ0v) is 17.5. The number of benzene rings is 1. The fourth-order valence-electron chi connectivity index (χ4n) is 3.52. The minimum atomic E-state index is 0.0639. The summed E-state index contributed by atoms with van der Waals surface area (Å²) < 4.78 is 7.83. The fraction of sp³-hybridized carbons (Fsp3) is 0.455. The minimum Gasteiger partial charge on any atom is -0.372 e. The average Bonchev–Trinajstić information content (AvgIpc) is 3.23. The van der Waals surface area contributed by atoms with Crippen LogP contribution in [-0.2, 0) is 17.8 Å². The van der Waals surface area contributed by atoms with Gasteiger partial charge in [-0.2, -0.15) is 0 Å². The van der Waals surface area contributed by atoms with E-state index in [0.717, 1.165) is 24.6 Å². The Hall–Kier alpha value is -2.80. The second kappa shape index (κ2) is 10.1. The number of carbonyl (C=O) groups excluding carboxylic acids is 1. The standard InChI is InChI=1S/C22H31N5O2/c1-17-15-27(16-18(2)29-17)21(28)20-8-6-19(7-9-20)14-25-22(23-3)24-10-13-26-11-4-5-12-26/h4-9,11-12,17-18H,10,13-16H2,1-3H3,(H2,23,24,25). The molecule has 3 rings (SSSR count). The third kappa shape index (κ3) is 6.09. The van der Waals surface area contributed by atoms with Crippen molar-refractivity contribution in [2.75, 3.05) is 26.7 Å². The van der Waals surface area contributed by atoms with Gasteiger partial charge < -0.3 is 24.8 Å². The monoisotopic (exact) mass is 397 g/mol. The lowest BCUT2D eigenvalue weighted by molar-refractivity contribution is -0.0586. The van der Waals surface area contributed by atoms with Crippen molar-refractivity contribution in [1.82, 2.24) is 20.1 Å². The molecule has 0 saturated carbocycles. The summed E-state index contributed by atoms with van der Waals surface area (Å²) in [5.74, 6) is 0.822. The SMILES string of the molecule is CN=C(NCCn1cccc1)NCc1ccc(C(=O)N2CC(C)OC(C)C2)cc1. The molecule has 0 aliphatic carbocycles. The molecule has 156 valence electrons. The molecule has 7 heteroatoms. The molecule has 2 aromatic rings. The molecule has 1 amide bonds. The highest BCUT2D eigenvalue weighted by molar-refractivity contribution is 5.94. The molecule has 0 bridgehead atoms. The molecule has 0 radical (unpaired) electrons. The molecule has 2 atom stereocenters. The van der Waals surface area contributed by atoms with Crippen LogP contribution in [0.3, 0.4) is 0 Å². The Morgan fingerprint density at radius 3 is 2.38 bits per heavy atom. The Morgan fingerprint density at radius 2 is 1.76 bits per heavy atom. The number of rotatable bonds is 6. The van der Waals surface area contributed by atoms with Crippen LogP contribution in [0.5, 0.6) is 0 Å². The van der Waals surface area contributed by atoms with Gasteiger partial charge in [0.15, 0.2) is 5.96 Å². The number of morpholine rings is 1. The first-order chi connectivity index (χ1) is 14.0. The van der Waals surface area contributed by atoms with Crippen LogP contribution >= 0.6 is 0 Å². The van der Waals surface area contributed by atoms with E-state index < -0.39 is 0 Å². The van der Waals surface area contributed by atoms with Gasteiger partial charge in [-0.1, -0.05) is 12.1 Å². The Balaban J connectivity index is 1.47. The first-order valence-electron chi connectivity index (χ1n) is 10.1. The molecule has 2 heterocycles. The average molecular weight is 398 g/mol. The summed E-state index contributed by atoms with van der Waals surface area (Å²) in [4.78, 5) is 18.9. The van der Waals surface area contributed by atoms with Gasteiger partial charge in [-0.15, -0.1) is 0 Å². The molecule has 1 aromatic heterocycles. The lowest BCUT2D eigenvalue weighted by Gasteiger charge is -2.35. The van der Waals surface area contributed by atoms with Crippen molar-refractivity contribution < 1.29 is 9.53 Å². The lowest BCUT2D eigenvalue weighted by Crippen LogP contribution is -2.48. The summed E-state index contributed by atoms with van der Waals surface area (Å²) in [7, 11) is 1.76. The first-order valence-corrected chi connectivity index (χ1v) is 10.1. The van der Waals surface area contributed by atoms with Crippen molar-refractivity contribution in [2.24, 2.45) is 4.99 Å². The van der Waals surface area contributed by atoms with E-state index in [-0.39, 0.29) is 18.1 Å². The number of nitrogens with one attached hydrogen (secondary N) is 2. The molecule has 29 heavy (non-hydrogen) atoms. The Kier molecular flexibility index (Phi) is 7.30. The van der Waals surface area contributed by atoms with Crippen LogP contribution in [0.4, 0.5) is 0 Å². The number of aromatic nitrogens is 1. The van der Waals surface area contributed by atoms with Gasteiger partial charge in [0, 0.05) is 57.7 Å². The van der Waals surface area contributed by atoms with Crippen LogP contribution in [-0.4, -0.2) is 60.2 Å². The van der Waals surface area contributed by atoms with Crippen molar-refractivity contribution in [3.05, 3.63) is 59.9 Å². The predicted octanol–water partition coefficient (Wildman–Crippen LogP) is 2.10. The Morgan fingerprint density at radius 1 is 1.10 bits per heavy atom. The highest BCUT2D eigenvalue weighted by Crippen LogP contribution is 2.15. The van der Waals surface area contributed by atoms with Crippen molar-refractivity contribution in [1.29, 1.82) is 0 Å². The summed E-state index contributed by atoms with van der Waals surface area (Å²) in [6.45, 7) is 7.59. The second-order valence-electron chi connectivity index (χ2n) is 7.44. The number of ether oxygens (including phenoxy) is 1. The van der Waals surface area contributed by atoms with Crippen molar-refractivity contribution >= 4 is 11.9 Å². The Bertz CT molecular complexity index is 791. The van der Waals surface area contributed by atoms with E-state index in [1.165, 1.54) is 0 Å². The van der Waals surface area contributed by atoms with E-state index in [0.29, 0.717) is 25.2 Å². The van der Waals surface area contributed by atoms with E-state index in [1.54, 1.807) is 7.05 Å². The molecule has 0 spiro atoms. The van der Waals surface area contributed by atoms with Crippen molar-refractivity contribution in [2.45, 2.75) is 39.1 Å². The van der Waals surface area contributed by atoms with E-state index >= 15 is 0 Å². The number of amides is 1. The summed E-state index contributed by atoms with van der Waals surface area (Å²) in [6.07, 6.45) is 4.23. The normalized spacial score (nSPS) is 19.8. The number of hydrogen-bond donors (Lipinski definition) is 2. The van der Waals surface area contributed by atoms with Crippen molar-refractivity contribution in [3.63, 3.8) is 0 Å². The quantitative estimate of drug-likeness (QED) is 0.579.